The molecule has 1 saturated heterocycles. The lowest BCUT2D eigenvalue weighted by molar-refractivity contribution is -0.163. The molecule has 15 heavy (non-hydrogen) atoms. The molecule has 1 heterocycles. The maximum absolute atomic E-state index is 9.46. The van der Waals surface area contributed by atoms with Gasteiger partial charge in [0, 0.05) is 0 Å². The van der Waals surface area contributed by atoms with Gasteiger partial charge in [-0.25, -0.2) is 0 Å². The molecule has 0 aromatic rings. The third kappa shape index (κ3) is 2.87. The predicted octanol–water partition coefficient (Wildman–Crippen LogP) is -1.79. The first-order chi connectivity index (χ1) is 6.91. The van der Waals surface area contributed by atoms with E-state index >= 15 is 0 Å². The molecular weight excluding hydrogens is 204 g/mol. The average molecular weight is 222 g/mol. The van der Waals surface area contributed by atoms with E-state index in [1.807, 2.05) is 0 Å². The molecule has 4 atom stereocenters. The molecule has 0 aromatic heterocycles. The van der Waals surface area contributed by atoms with E-state index in [0.29, 0.717) is 0 Å². The Kier molecular flexibility index (Phi) is 4.05. The van der Waals surface area contributed by atoms with Crippen molar-refractivity contribution >= 4 is 0 Å². The first-order valence-electron chi connectivity index (χ1n) is 4.85. The molecule has 1 rings (SSSR count). The van der Waals surface area contributed by atoms with E-state index in [-0.39, 0.29) is 0 Å². The van der Waals surface area contributed by atoms with Gasteiger partial charge in [0.1, 0.15) is 24.4 Å². The maximum atomic E-state index is 9.46. The van der Waals surface area contributed by atoms with Crippen molar-refractivity contribution in [2.75, 3.05) is 13.2 Å². The van der Waals surface area contributed by atoms with Gasteiger partial charge in [-0.3, -0.25) is 0 Å². The maximum Gasteiger partial charge on any atom is 0.164 e. The lowest BCUT2D eigenvalue weighted by atomic mass is 10.0. The zero-order valence-corrected chi connectivity index (χ0v) is 8.83. The van der Waals surface area contributed by atoms with Crippen molar-refractivity contribution in [2.45, 2.75) is 44.1 Å². The van der Waals surface area contributed by atoms with Crippen molar-refractivity contribution < 1.29 is 29.9 Å². The van der Waals surface area contributed by atoms with Gasteiger partial charge in [-0.05, 0) is 13.8 Å². The number of hydrogen-bond acceptors (Lipinski definition) is 6. The largest absolute Gasteiger partial charge is 0.394 e. The minimum atomic E-state index is -1.14. The minimum Gasteiger partial charge on any atom is -0.394 e. The molecule has 0 amide bonds. The fraction of sp³-hybridized carbons (Fsp3) is 1.00. The lowest BCUT2D eigenvalue weighted by Crippen LogP contribution is -2.45. The Morgan fingerprint density at radius 1 is 1.00 bits per heavy atom. The molecule has 1 aliphatic rings. The second-order valence-corrected chi connectivity index (χ2v) is 4.06. The zero-order chi connectivity index (χ0) is 11.6. The molecule has 1 aliphatic heterocycles. The van der Waals surface area contributed by atoms with Crippen LogP contribution in [0, 0.1) is 0 Å². The summed E-state index contributed by atoms with van der Waals surface area (Å²) in [5, 5.41) is 36.5. The molecule has 0 aliphatic carbocycles. The second-order valence-electron chi connectivity index (χ2n) is 4.06. The fourth-order valence-electron chi connectivity index (χ4n) is 1.62. The summed E-state index contributed by atoms with van der Waals surface area (Å²) < 4.78 is 10.7. The van der Waals surface area contributed by atoms with E-state index in [0.717, 1.165) is 0 Å². The molecule has 1 fully saturated rings. The Balaban J connectivity index is 2.74. The summed E-state index contributed by atoms with van der Waals surface area (Å²) in [7, 11) is 0. The van der Waals surface area contributed by atoms with Gasteiger partial charge in [-0.15, -0.1) is 0 Å². The van der Waals surface area contributed by atoms with Gasteiger partial charge in [0.05, 0.1) is 13.2 Å². The highest BCUT2D eigenvalue weighted by molar-refractivity contribution is 4.90. The average Bonchev–Trinajstić information content (AvgIpc) is 2.52. The van der Waals surface area contributed by atoms with Crippen molar-refractivity contribution in [1.29, 1.82) is 0 Å². The summed E-state index contributed by atoms with van der Waals surface area (Å²) in [6.45, 7) is 2.29. The number of aliphatic hydroxyl groups is 4. The number of rotatable bonds is 4. The van der Waals surface area contributed by atoms with Crippen LogP contribution in [0.15, 0.2) is 0 Å². The molecule has 0 bridgehead atoms. The van der Waals surface area contributed by atoms with E-state index < -0.39 is 43.4 Å². The smallest absolute Gasteiger partial charge is 0.164 e. The highest BCUT2D eigenvalue weighted by Crippen LogP contribution is 2.31. The molecule has 0 radical (unpaired) electrons. The first-order valence-corrected chi connectivity index (χ1v) is 4.85. The Labute approximate surface area is 88.1 Å². The van der Waals surface area contributed by atoms with Crippen LogP contribution in [0.5, 0.6) is 0 Å². The van der Waals surface area contributed by atoms with Gasteiger partial charge >= 0.3 is 0 Å². The van der Waals surface area contributed by atoms with Gasteiger partial charge in [0.25, 0.3) is 0 Å². The van der Waals surface area contributed by atoms with E-state index in [4.69, 9.17) is 19.7 Å². The first kappa shape index (κ1) is 12.8. The van der Waals surface area contributed by atoms with Crippen LogP contribution < -0.4 is 0 Å². The molecular formula is C9H18O6. The highest BCUT2D eigenvalue weighted by Gasteiger charge is 2.47. The van der Waals surface area contributed by atoms with Crippen molar-refractivity contribution in [1.82, 2.24) is 0 Å². The molecule has 0 spiro atoms. The van der Waals surface area contributed by atoms with Crippen molar-refractivity contribution in [3.8, 4) is 0 Å². The third-order valence-electron chi connectivity index (χ3n) is 2.30. The Bertz CT molecular complexity index is 187. The molecule has 0 saturated carbocycles. The van der Waals surface area contributed by atoms with Crippen LogP contribution in [0.2, 0.25) is 0 Å². The van der Waals surface area contributed by atoms with Crippen LogP contribution in [0.25, 0.3) is 0 Å². The van der Waals surface area contributed by atoms with E-state index in [1.165, 1.54) is 0 Å². The van der Waals surface area contributed by atoms with Gasteiger partial charge in [-0.1, -0.05) is 0 Å². The zero-order valence-electron chi connectivity index (χ0n) is 8.83. The summed E-state index contributed by atoms with van der Waals surface area (Å²) in [5.74, 6) is -0.943. The van der Waals surface area contributed by atoms with Crippen LogP contribution in [0.1, 0.15) is 13.8 Å². The topological polar surface area (TPSA) is 99.4 Å². The Morgan fingerprint density at radius 3 is 1.60 bits per heavy atom. The third-order valence-corrected chi connectivity index (χ3v) is 2.30. The summed E-state index contributed by atoms with van der Waals surface area (Å²) >= 11 is 0. The normalized spacial score (nSPS) is 34.0. The molecule has 90 valence electrons. The van der Waals surface area contributed by atoms with Crippen molar-refractivity contribution in [2.24, 2.45) is 0 Å². The fourth-order valence-corrected chi connectivity index (χ4v) is 1.62. The number of aliphatic hydroxyl groups excluding tert-OH is 4. The number of hydrogen-bond donors (Lipinski definition) is 4. The molecule has 6 nitrogen and oxygen atoms in total. The molecule has 0 aromatic carbocycles. The van der Waals surface area contributed by atoms with Crippen LogP contribution in [-0.4, -0.2) is 63.8 Å². The summed E-state index contributed by atoms with van der Waals surface area (Å²) in [6, 6.07) is 0. The second kappa shape index (κ2) is 4.73. The molecule has 6 heteroatoms. The van der Waals surface area contributed by atoms with Gasteiger partial charge < -0.3 is 29.9 Å². The summed E-state index contributed by atoms with van der Waals surface area (Å²) in [5.41, 5.74) is 0. The van der Waals surface area contributed by atoms with Gasteiger partial charge in [-0.2, -0.15) is 0 Å². The van der Waals surface area contributed by atoms with Crippen molar-refractivity contribution in [3.05, 3.63) is 0 Å². The van der Waals surface area contributed by atoms with E-state index in [1.54, 1.807) is 13.8 Å². The highest BCUT2D eigenvalue weighted by atomic mass is 16.8. The van der Waals surface area contributed by atoms with Crippen LogP contribution >= 0.6 is 0 Å². The quantitative estimate of drug-likeness (QED) is 0.448. The monoisotopic (exact) mass is 222 g/mol. The van der Waals surface area contributed by atoms with Gasteiger partial charge in [0.15, 0.2) is 5.79 Å². The lowest BCUT2D eigenvalue weighted by Gasteiger charge is -2.23. The van der Waals surface area contributed by atoms with Gasteiger partial charge in [0.2, 0.25) is 0 Å². The molecule has 4 N–H and O–H groups in total. The minimum absolute atomic E-state index is 0.487. The van der Waals surface area contributed by atoms with Crippen LogP contribution in [-0.2, 0) is 9.47 Å². The Morgan fingerprint density at radius 2 is 1.33 bits per heavy atom. The van der Waals surface area contributed by atoms with E-state index in [9.17, 15) is 10.2 Å². The Hall–Kier alpha value is -0.240. The SMILES string of the molecule is CC1(C)O[C@@H]([C@H](O)CO)[C@@H]([C@@H](O)CO)O1. The van der Waals surface area contributed by atoms with Crippen LogP contribution in [0.4, 0.5) is 0 Å². The van der Waals surface area contributed by atoms with Crippen molar-refractivity contribution in [3.63, 3.8) is 0 Å². The molecule has 0 unspecified atom stereocenters. The number of ether oxygens (including phenoxy) is 2. The summed E-state index contributed by atoms with van der Waals surface area (Å²) in [4.78, 5) is 0. The summed E-state index contributed by atoms with van der Waals surface area (Å²) in [6.07, 6.45) is -3.96. The van der Waals surface area contributed by atoms with Crippen LogP contribution in [0.3, 0.4) is 0 Å². The standard InChI is InChI=1S/C9H18O6/c1-9(2)14-7(5(12)3-10)8(15-9)6(13)4-11/h5-8,10-13H,3-4H2,1-2H3/t5-,6+,7+,8-. The van der Waals surface area contributed by atoms with E-state index in [2.05, 4.69) is 0 Å². The predicted molar refractivity (Wildman–Crippen MR) is 50.0 cm³/mol.